The first-order valence-corrected chi connectivity index (χ1v) is 5.25. The third kappa shape index (κ3) is 2.13. The third-order valence-electron chi connectivity index (χ3n) is 2.45. The van der Waals surface area contributed by atoms with E-state index in [1.165, 1.54) is 14.2 Å². The van der Waals surface area contributed by atoms with E-state index in [2.05, 4.69) is 4.74 Å². The van der Waals surface area contributed by atoms with Crippen molar-refractivity contribution >= 4 is 5.97 Å². The van der Waals surface area contributed by atoms with Gasteiger partial charge in [-0.3, -0.25) is 0 Å². The summed E-state index contributed by atoms with van der Waals surface area (Å²) in [7, 11) is 2.84. The van der Waals surface area contributed by atoms with E-state index in [-0.39, 0.29) is 6.10 Å². The van der Waals surface area contributed by atoms with Crippen LogP contribution in [0.5, 0.6) is 17.2 Å². The number of hydrogen-bond donors (Lipinski definition) is 0. The van der Waals surface area contributed by atoms with Crippen molar-refractivity contribution < 1.29 is 23.7 Å². The monoisotopic (exact) mass is 238 g/mol. The largest absolute Gasteiger partial charge is 0.493 e. The zero-order chi connectivity index (χ0) is 12.4. The molecule has 1 unspecified atom stereocenters. The number of ether oxygens (including phenoxy) is 4. The Morgan fingerprint density at radius 3 is 2.82 bits per heavy atom. The van der Waals surface area contributed by atoms with E-state index >= 15 is 0 Å². The molecule has 0 fully saturated rings. The lowest BCUT2D eigenvalue weighted by molar-refractivity contribution is 0.0596. The SMILES string of the molecule is COC(=O)c1cc(OC)c2c(c1)OC(C)CO2. The predicted molar refractivity (Wildman–Crippen MR) is 59.9 cm³/mol. The molecule has 1 aliphatic heterocycles. The second kappa shape index (κ2) is 4.53. The maximum absolute atomic E-state index is 11.5. The smallest absolute Gasteiger partial charge is 0.338 e. The van der Waals surface area contributed by atoms with Crippen LogP contribution < -0.4 is 14.2 Å². The first-order valence-electron chi connectivity index (χ1n) is 5.25. The van der Waals surface area contributed by atoms with E-state index < -0.39 is 5.97 Å². The Kier molecular flexibility index (Phi) is 3.08. The number of methoxy groups -OCH3 is 2. The second-order valence-corrected chi connectivity index (χ2v) is 3.74. The lowest BCUT2D eigenvalue weighted by atomic mass is 10.1. The van der Waals surface area contributed by atoms with Crippen molar-refractivity contribution in [3.63, 3.8) is 0 Å². The zero-order valence-electron chi connectivity index (χ0n) is 9.98. The van der Waals surface area contributed by atoms with E-state index in [1.807, 2.05) is 6.92 Å². The van der Waals surface area contributed by atoms with Gasteiger partial charge >= 0.3 is 5.97 Å². The van der Waals surface area contributed by atoms with E-state index in [0.29, 0.717) is 29.4 Å². The molecule has 0 saturated heterocycles. The molecule has 0 radical (unpaired) electrons. The van der Waals surface area contributed by atoms with Gasteiger partial charge < -0.3 is 18.9 Å². The number of carbonyl (C=O) groups excluding carboxylic acids is 1. The highest BCUT2D eigenvalue weighted by molar-refractivity contribution is 5.91. The van der Waals surface area contributed by atoms with E-state index in [1.54, 1.807) is 12.1 Å². The predicted octanol–water partition coefficient (Wildman–Crippen LogP) is 1.64. The number of rotatable bonds is 2. The fraction of sp³-hybridized carbons (Fsp3) is 0.417. The highest BCUT2D eigenvalue weighted by atomic mass is 16.6. The highest BCUT2D eigenvalue weighted by Gasteiger charge is 2.24. The average molecular weight is 238 g/mol. The minimum Gasteiger partial charge on any atom is -0.493 e. The van der Waals surface area contributed by atoms with Crippen molar-refractivity contribution in [3.05, 3.63) is 17.7 Å². The fourth-order valence-electron chi connectivity index (χ4n) is 1.65. The van der Waals surface area contributed by atoms with Crippen molar-refractivity contribution in [1.82, 2.24) is 0 Å². The molecule has 0 spiro atoms. The number of carbonyl (C=O) groups is 1. The number of esters is 1. The van der Waals surface area contributed by atoms with Gasteiger partial charge in [0.2, 0.25) is 5.75 Å². The molecule has 5 heteroatoms. The molecule has 2 rings (SSSR count). The Hall–Kier alpha value is -1.91. The van der Waals surface area contributed by atoms with Gasteiger partial charge in [0.05, 0.1) is 19.8 Å². The number of fused-ring (bicyclic) bond motifs is 1. The lowest BCUT2D eigenvalue weighted by Crippen LogP contribution is -2.26. The number of hydrogen-bond acceptors (Lipinski definition) is 5. The summed E-state index contributed by atoms with van der Waals surface area (Å²) in [6, 6.07) is 3.17. The molecule has 0 N–H and O–H groups in total. The Morgan fingerprint density at radius 1 is 1.41 bits per heavy atom. The molecular formula is C12H14O5. The van der Waals surface area contributed by atoms with Gasteiger partial charge in [0.25, 0.3) is 0 Å². The van der Waals surface area contributed by atoms with Crippen LogP contribution in [0.2, 0.25) is 0 Å². The molecule has 1 atom stereocenters. The highest BCUT2D eigenvalue weighted by Crippen LogP contribution is 2.41. The van der Waals surface area contributed by atoms with E-state index in [9.17, 15) is 4.79 Å². The summed E-state index contributed by atoms with van der Waals surface area (Å²) in [5, 5.41) is 0. The van der Waals surface area contributed by atoms with Crippen LogP contribution in [0.4, 0.5) is 0 Å². The molecule has 92 valence electrons. The van der Waals surface area contributed by atoms with Gasteiger partial charge in [-0.2, -0.15) is 0 Å². The van der Waals surface area contributed by atoms with Gasteiger partial charge in [-0.15, -0.1) is 0 Å². The molecule has 1 heterocycles. The summed E-state index contributed by atoms with van der Waals surface area (Å²) < 4.78 is 21.0. The van der Waals surface area contributed by atoms with Crippen molar-refractivity contribution in [2.45, 2.75) is 13.0 Å². The van der Waals surface area contributed by atoms with E-state index in [0.717, 1.165) is 0 Å². The molecule has 0 bridgehead atoms. The van der Waals surface area contributed by atoms with Gasteiger partial charge in [0.15, 0.2) is 11.5 Å². The van der Waals surface area contributed by atoms with Crippen LogP contribution in [0.25, 0.3) is 0 Å². The van der Waals surface area contributed by atoms with Gasteiger partial charge in [0.1, 0.15) is 12.7 Å². The molecule has 1 aliphatic rings. The normalized spacial score (nSPS) is 17.5. The minimum absolute atomic E-state index is 0.0555. The summed E-state index contributed by atoms with van der Waals surface area (Å²) in [5.74, 6) is 1.06. The van der Waals surface area contributed by atoms with Gasteiger partial charge in [-0.05, 0) is 19.1 Å². The molecule has 5 nitrogen and oxygen atoms in total. The number of benzene rings is 1. The molecular weight excluding hydrogens is 224 g/mol. The summed E-state index contributed by atoms with van der Waals surface area (Å²) >= 11 is 0. The Bertz CT molecular complexity index is 441. The summed E-state index contributed by atoms with van der Waals surface area (Å²) in [4.78, 5) is 11.5. The standard InChI is InChI=1S/C12H14O5/c1-7-6-16-11-9(14-2)4-8(12(13)15-3)5-10(11)17-7/h4-5,7H,6H2,1-3H3. The fourth-order valence-corrected chi connectivity index (χ4v) is 1.65. The van der Waals surface area contributed by atoms with Crippen LogP contribution in [0.1, 0.15) is 17.3 Å². The van der Waals surface area contributed by atoms with Crippen LogP contribution in [0, 0.1) is 0 Å². The first kappa shape index (κ1) is 11.6. The summed E-state index contributed by atoms with van der Waals surface area (Å²) in [6.45, 7) is 2.35. The van der Waals surface area contributed by atoms with Crippen molar-refractivity contribution in [2.75, 3.05) is 20.8 Å². The maximum atomic E-state index is 11.5. The Morgan fingerprint density at radius 2 is 2.18 bits per heavy atom. The molecule has 1 aromatic rings. The first-order chi connectivity index (χ1) is 8.15. The van der Waals surface area contributed by atoms with Crippen molar-refractivity contribution in [2.24, 2.45) is 0 Å². The van der Waals surface area contributed by atoms with Gasteiger partial charge in [0, 0.05) is 0 Å². The lowest BCUT2D eigenvalue weighted by Gasteiger charge is -2.25. The Labute approximate surface area is 99.2 Å². The zero-order valence-corrected chi connectivity index (χ0v) is 9.98. The maximum Gasteiger partial charge on any atom is 0.338 e. The van der Waals surface area contributed by atoms with Crippen LogP contribution in [0.3, 0.4) is 0 Å². The van der Waals surface area contributed by atoms with Crippen molar-refractivity contribution in [3.8, 4) is 17.2 Å². The second-order valence-electron chi connectivity index (χ2n) is 3.74. The summed E-state index contributed by atoms with van der Waals surface area (Å²) in [5.41, 5.74) is 0.376. The van der Waals surface area contributed by atoms with Crippen LogP contribution in [-0.4, -0.2) is 32.9 Å². The Balaban J connectivity index is 2.46. The molecule has 0 amide bonds. The van der Waals surface area contributed by atoms with Gasteiger partial charge in [-0.25, -0.2) is 4.79 Å². The quantitative estimate of drug-likeness (QED) is 0.733. The molecule has 1 aromatic carbocycles. The molecule has 17 heavy (non-hydrogen) atoms. The molecule has 0 saturated carbocycles. The summed E-state index contributed by atoms with van der Waals surface area (Å²) in [6.07, 6.45) is -0.0555. The minimum atomic E-state index is -0.437. The molecule has 0 aliphatic carbocycles. The topological polar surface area (TPSA) is 54.0 Å². The van der Waals surface area contributed by atoms with Gasteiger partial charge in [-0.1, -0.05) is 0 Å². The van der Waals surface area contributed by atoms with Crippen LogP contribution in [0.15, 0.2) is 12.1 Å². The van der Waals surface area contributed by atoms with E-state index in [4.69, 9.17) is 14.2 Å². The van der Waals surface area contributed by atoms with Crippen LogP contribution >= 0.6 is 0 Å². The third-order valence-corrected chi connectivity index (χ3v) is 2.45. The van der Waals surface area contributed by atoms with Crippen molar-refractivity contribution in [1.29, 1.82) is 0 Å². The van der Waals surface area contributed by atoms with Crippen LogP contribution in [-0.2, 0) is 4.74 Å². The average Bonchev–Trinajstić information content (AvgIpc) is 2.35. The molecule has 0 aromatic heterocycles.